The maximum Gasteiger partial charge on any atom is 0.145 e. The van der Waals surface area contributed by atoms with Crippen molar-refractivity contribution in [2.45, 2.75) is 6.42 Å². The van der Waals surface area contributed by atoms with E-state index in [-0.39, 0.29) is 0 Å². The van der Waals surface area contributed by atoms with Gasteiger partial charge in [0.2, 0.25) is 0 Å². The average Bonchev–Trinajstić information content (AvgIpc) is 2.45. The molecule has 1 aromatic carbocycles. The zero-order chi connectivity index (χ0) is 13.7. The van der Waals surface area contributed by atoms with E-state index in [0.29, 0.717) is 5.69 Å². The highest BCUT2D eigenvalue weighted by Crippen LogP contribution is 2.14. The Bertz CT molecular complexity index is 606. The largest absolute Gasteiger partial charge is 0.359 e. The van der Waals surface area contributed by atoms with Gasteiger partial charge in [-0.2, -0.15) is 5.26 Å². The molecule has 0 aliphatic carbocycles. The van der Waals surface area contributed by atoms with Crippen molar-refractivity contribution < 1.29 is 0 Å². The van der Waals surface area contributed by atoms with Crippen LogP contribution in [0.5, 0.6) is 0 Å². The molecule has 96 valence electrons. The van der Waals surface area contributed by atoms with E-state index in [0.717, 1.165) is 23.3 Å². The Hall–Kier alpha value is -1.93. The number of anilines is 1. The van der Waals surface area contributed by atoms with Gasteiger partial charge in [0.1, 0.15) is 23.9 Å². The van der Waals surface area contributed by atoms with Crippen molar-refractivity contribution >= 4 is 21.7 Å². The van der Waals surface area contributed by atoms with Crippen LogP contribution in [0.1, 0.15) is 11.3 Å². The Balaban J connectivity index is 2.01. The third kappa shape index (κ3) is 3.76. The first kappa shape index (κ1) is 13.5. The summed E-state index contributed by atoms with van der Waals surface area (Å²) in [5.74, 6) is 0.765. The van der Waals surface area contributed by atoms with Crippen LogP contribution in [-0.2, 0) is 6.42 Å². The van der Waals surface area contributed by atoms with E-state index < -0.39 is 0 Å². The topological polar surface area (TPSA) is 52.8 Å². The fraction of sp³-hybridized carbons (Fsp3) is 0.214. The molecule has 5 heteroatoms. The van der Waals surface area contributed by atoms with Crippen molar-refractivity contribution in [3.05, 3.63) is 52.4 Å². The summed E-state index contributed by atoms with van der Waals surface area (Å²) in [4.78, 5) is 10.1. The minimum atomic E-state index is 0.388. The van der Waals surface area contributed by atoms with Gasteiger partial charge in [-0.15, -0.1) is 0 Å². The molecular weight excluding hydrogens is 304 g/mol. The Morgan fingerprint density at radius 3 is 2.89 bits per heavy atom. The summed E-state index contributed by atoms with van der Waals surface area (Å²) < 4.78 is 1.08. The lowest BCUT2D eigenvalue weighted by Crippen LogP contribution is -2.21. The second-order valence-corrected chi connectivity index (χ2v) is 5.09. The van der Waals surface area contributed by atoms with Crippen LogP contribution >= 0.6 is 15.9 Å². The van der Waals surface area contributed by atoms with E-state index in [9.17, 15) is 0 Å². The summed E-state index contributed by atoms with van der Waals surface area (Å²) in [6.07, 6.45) is 2.34. The van der Waals surface area contributed by atoms with E-state index in [1.54, 1.807) is 6.07 Å². The molecule has 0 saturated heterocycles. The quantitative estimate of drug-likeness (QED) is 0.870. The van der Waals surface area contributed by atoms with Crippen molar-refractivity contribution in [1.82, 2.24) is 9.97 Å². The molecular formula is C14H13BrN4. The lowest BCUT2D eigenvalue weighted by Gasteiger charge is -2.17. The van der Waals surface area contributed by atoms with Gasteiger partial charge < -0.3 is 4.90 Å². The molecule has 1 aromatic heterocycles. The number of aromatic nitrogens is 2. The van der Waals surface area contributed by atoms with Gasteiger partial charge >= 0.3 is 0 Å². The van der Waals surface area contributed by atoms with E-state index in [2.05, 4.69) is 38.0 Å². The maximum absolute atomic E-state index is 8.82. The molecule has 0 amide bonds. The number of rotatable bonds is 4. The third-order valence-corrected chi connectivity index (χ3v) is 3.28. The highest BCUT2D eigenvalue weighted by atomic mass is 79.9. The fourth-order valence-corrected chi connectivity index (χ4v) is 2.17. The summed E-state index contributed by atoms with van der Waals surface area (Å²) in [5, 5.41) is 8.82. The first-order valence-corrected chi connectivity index (χ1v) is 6.66. The molecule has 0 aliphatic heterocycles. The summed E-state index contributed by atoms with van der Waals surface area (Å²) in [6.45, 7) is 0.832. The second kappa shape index (κ2) is 6.30. The standard InChI is InChI=1S/C14H13BrN4/c1-19(14-8-13(9-16)17-10-18-14)6-5-11-3-2-4-12(15)7-11/h2-4,7-8,10H,5-6H2,1H3. The van der Waals surface area contributed by atoms with Gasteiger partial charge in [0, 0.05) is 24.1 Å². The van der Waals surface area contributed by atoms with E-state index in [1.165, 1.54) is 11.9 Å². The predicted octanol–water partition coefficient (Wildman–Crippen LogP) is 2.79. The van der Waals surface area contributed by atoms with E-state index >= 15 is 0 Å². The second-order valence-electron chi connectivity index (χ2n) is 4.17. The van der Waals surface area contributed by atoms with Crippen molar-refractivity contribution in [3.8, 4) is 6.07 Å². The molecule has 2 rings (SSSR count). The molecule has 4 nitrogen and oxygen atoms in total. The molecule has 0 saturated carbocycles. The molecule has 2 aromatic rings. The van der Waals surface area contributed by atoms with Gasteiger partial charge in [-0.25, -0.2) is 9.97 Å². The average molecular weight is 317 g/mol. The maximum atomic E-state index is 8.82. The summed E-state index contributed by atoms with van der Waals surface area (Å²) in [5.41, 5.74) is 1.65. The Kier molecular flexibility index (Phi) is 4.48. The number of halogens is 1. The van der Waals surface area contributed by atoms with Crippen molar-refractivity contribution in [1.29, 1.82) is 5.26 Å². The minimum Gasteiger partial charge on any atom is -0.359 e. The number of benzene rings is 1. The number of hydrogen-bond acceptors (Lipinski definition) is 4. The minimum absolute atomic E-state index is 0.388. The first-order chi connectivity index (χ1) is 9.19. The Morgan fingerprint density at radius 1 is 1.32 bits per heavy atom. The molecule has 0 unspecified atom stereocenters. The summed E-state index contributed by atoms with van der Waals surface area (Å²) in [6, 6.07) is 12.0. The van der Waals surface area contributed by atoms with E-state index in [4.69, 9.17) is 5.26 Å². The van der Waals surface area contributed by atoms with E-state index in [1.807, 2.05) is 30.1 Å². The summed E-state index contributed by atoms with van der Waals surface area (Å²) >= 11 is 3.46. The Morgan fingerprint density at radius 2 is 2.16 bits per heavy atom. The lowest BCUT2D eigenvalue weighted by molar-refractivity contribution is 0.854. The first-order valence-electron chi connectivity index (χ1n) is 5.87. The Labute approximate surface area is 120 Å². The molecule has 0 bridgehead atoms. The van der Waals surface area contributed by atoms with Crippen LogP contribution in [0.15, 0.2) is 41.1 Å². The highest BCUT2D eigenvalue weighted by Gasteiger charge is 2.04. The van der Waals surface area contributed by atoms with Gasteiger partial charge in [-0.05, 0) is 24.1 Å². The molecule has 0 spiro atoms. The van der Waals surface area contributed by atoms with Gasteiger partial charge in [0.25, 0.3) is 0 Å². The van der Waals surface area contributed by atoms with Crippen LogP contribution in [0, 0.1) is 11.3 Å². The van der Waals surface area contributed by atoms with Crippen LogP contribution in [-0.4, -0.2) is 23.6 Å². The monoisotopic (exact) mass is 316 g/mol. The van der Waals surface area contributed by atoms with Gasteiger partial charge in [-0.3, -0.25) is 0 Å². The fourth-order valence-electron chi connectivity index (χ4n) is 1.72. The summed E-state index contributed by atoms with van der Waals surface area (Å²) in [7, 11) is 1.96. The smallest absolute Gasteiger partial charge is 0.145 e. The molecule has 0 aliphatic rings. The van der Waals surface area contributed by atoms with Crippen LogP contribution < -0.4 is 4.90 Å². The molecule has 0 radical (unpaired) electrons. The lowest BCUT2D eigenvalue weighted by atomic mass is 10.1. The number of nitrogens with zero attached hydrogens (tertiary/aromatic N) is 4. The van der Waals surface area contributed by atoms with Gasteiger partial charge in [-0.1, -0.05) is 28.1 Å². The predicted molar refractivity (Wildman–Crippen MR) is 77.9 cm³/mol. The van der Waals surface area contributed by atoms with Crippen molar-refractivity contribution in [2.24, 2.45) is 0 Å². The number of hydrogen-bond donors (Lipinski definition) is 0. The molecule has 1 heterocycles. The molecule has 19 heavy (non-hydrogen) atoms. The van der Waals surface area contributed by atoms with Crippen molar-refractivity contribution in [3.63, 3.8) is 0 Å². The SMILES string of the molecule is CN(CCc1cccc(Br)c1)c1cc(C#N)ncn1. The van der Waals surface area contributed by atoms with Crippen LogP contribution in [0.25, 0.3) is 0 Å². The zero-order valence-corrected chi connectivity index (χ0v) is 12.1. The van der Waals surface area contributed by atoms with Crippen LogP contribution in [0.4, 0.5) is 5.82 Å². The normalized spacial score (nSPS) is 9.95. The molecule has 0 fully saturated rings. The molecule has 0 N–H and O–H groups in total. The number of nitriles is 1. The van der Waals surface area contributed by atoms with Crippen molar-refractivity contribution in [2.75, 3.05) is 18.5 Å². The van der Waals surface area contributed by atoms with Crippen LogP contribution in [0.2, 0.25) is 0 Å². The zero-order valence-electron chi connectivity index (χ0n) is 10.5. The van der Waals surface area contributed by atoms with Crippen LogP contribution in [0.3, 0.4) is 0 Å². The number of likely N-dealkylation sites (N-methyl/N-ethyl adjacent to an activating group) is 1. The highest BCUT2D eigenvalue weighted by molar-refractivity contribution is 9.10. The third-order valence-electron chi connectivity index (χ3n) is 2.78. The van der Waals surface area contributed by atoms with Gasteiger partial charge in [0.15, 0.2) is 0 Å². The molecule has 0 atom stereocenters. The van der Waals surface area contributed by atoms with Gasteiger partial charge in [0.05, 0.1) is 0 Å².